The van der Waals surface area contributed by atoms with Gasteiger partial charge in [0.15, 0.2) is 12.4 Å². The SMILES string of the molecule is CCCCC/C=C/C/C=C/CCCCCCCCCCCC(=O)O[C@H](COC(=O)CCCCCCCCC/C=C/CCCCCC)CO[C@H]1O[C@H](CS(=O)(=O)O)[C@@H](O)C(O)C1O. The molecule has 1 saturated heterocycles. The van der Waals surface area contributed by atoms with Crippen LogP contribution in [0.3, 0.4) is 0 Å². The number of rotatable bonds is 41. The summed E-state index contributed by atoms with van der Waals surface area (Å²) in [5.74, 6) is -1.99. The first kappa shape index (κ1) is 57.9. The molecule has 4 N–H and O–H groups in total. The van der Waals surface area contributed by atoms with E-state index in [9.17, 15) is 37.9 Å². The molecule has 1 rings (SSSR count). The van der Waals surface area contributed by atoms with E-state index in [0.29, 0.717) is 12.8 Å². The third kappa shape index (κ3) is 33.4. The molecule has 0 aliphatic carbocycles. The lowest BCUT2D eigenvalue weighted by molar-refractivity contribution is -0.297. The zero-order chi connectivity index (χ0) is 45.5. The van der Waals surface area contributed by atoms with Gasteiger partial charge in [-0.05, 0) is 70.6 Å². The number of aliphatic hydroxyl groups is 3. The quantitative estimate of drug-likeness (QED) is 0.0197. The minimum absolute atomic E-state index is 0.159. The van der Waals surface area contributed by atoms with Gasteiger partial charge in [-0.15, -0.1) is 0 Å². The largest absolute Gasteiger partial charge is 0.462 e. The van der Waals surface area contributed by atoms with Gasteiger partial charge in [0.1, 0.15) is 36.8 Å². The lowest BCUT2D eigenvalue weighted by atomic mass is 10.00. The van der Waals surface area contributed by atoms with Crippen LogP contribution in [0.2, 0.25) is 0 Å². The summed E-state index contributed by atoms with van der Waals surface area (Å²) < 4.78 is 54.2. The lowest BCUT2D eigenvalue weighted by Gasteiger charge is -2.40. The Morgan fingerprint density at radius 3 is 1.47 bits per heavy atom. The Kier molecular flexibility index (Phi) is 36.6. The third-order valence-electron chi connectivity index (χ3n) is 11.2. The van der Waals surface area contributed by atoms with Crippen LogP contribution in [0.25, 0.3) is 0 Å². The normalized spacial score (nSPS) is 20.1. The molecular weight excluding hydrogens is 813 g/mol. The minimum Gasteiger partial charge on any atom is -0.462 e. The zero-order valence-electron chi connectivity index (χ0n) is 38.7. The predicted octanol–water partition coefficient (Wildman–Crippen LogP) is 10.6. The fraction of sp³-hybridized carbons (Fsp3) is 0.837. The molecule has 0 radical (unpaired) electrons. The zero-order valence-corrected chi connectivity index (χ0v) is 39.5. The number of ether oxygens (including phenoxy) is 4. The molecule has 6 atom stereocenters. The second-order valence-corrected chi connectivity index (χ2v) is 18.6. The first-order valence-electron chi connectivity index (χ1n) is 24.5. The summed E-state index contributed by atoms with van der Waals surface area (Å²) in [5.41, 5.74) is 0. The number of unbranched alkanes of at least 4 members (excludes halogenated alkanes) is 23. The topological polar surface area (TPSA) is 186 Å². The van der Waals surface area contributed by atoms with Gasteiger partial charge in [0.25, 0.3) is 10.1 Å². The van der Waals surface area contributed by atoms with E-state index in [1.807, 2.05) is 0 Å². The summed E-state index contributed by atoms with van der Waals surface area (Å²) in [6.45, 7) is 3.73. The summed E-state index contributed by atoms with van der Waals surface area (Å²) in [6.07, 6.45) is 36.0. The molecule has 13 heteroatoms. The molecule has 12 nitrogen and oxygen atoms in total. The van der Waals surface area contributed by atoms with Crippen LogP contribution in [0.4, 0.5) is 0 Å². The Hall–Kier alpha value is -2.13. The van der Waals surface area contributed by atoms with Gasteiger partial charge in [-0.25, -0.2) is 0 Å². The van der Waals surface area contributed by atoms with Crippen LogP contribution in [0.1, 0.15) is 206 Å². The molecule has 0 saturated carbocycles. The highest BCUT2D eigenvalue weighted by Gasteiger charge is 2.46. The number of aliphatic hydroxyl groups excluding tert-OH is 3. The van der Waals surface area contributed by atoms with Crippen LogP contribution in [-0.2, 0) is 38.7 Å². The summed E-state index contributed by atoms with van der Waals surface area (Å²) in [5, 5.41) is 30.9. The first-order chi connectivity index (χ1) is 30.0. The summed E-state index contributed by atoms with van der Waals surface area (Å²) >= 11 is 0. The van der Waals surface area contributed by atoms with Crippen molar-refractivity contribution in [2.75, 3.05) is 19.0 Å². The molecule has 0 bridgehead atoms. The number of esters is 2. The van der Waals surface area contributed by atoms with E-state index in [-0.39, 0.29) is 19.4 Å². The van der Waals surface area contributed by atoms with Crippen molar-refractivity contribution >= 4 is 22.1 Å². The third-order valence-corrected chi connectivity index (χ3v) is 11.9. The number of hydrogen-bond donors (Lipinski definition) is 4. The maximum Gasteiger partial charge on any atom is 0.306 e. The van der Waals surface area contributed by atoms with Gasteiger partial charge >= 0.3 is 11.9 Å². The maximum atomic E-state index is 12.9. The Morgan fingerprint density at radius 2 is 0.968 bits per heavy atom. The van der Waals surface area contributed by atoms with Crippen molar-refractivity contribution in [3.63, 3.8) is 0 Å². The highest BCUT2D eigenvalue weighted by atomic mass is 32.2. The van der Waals surface area contributed by atoms with Crippen molar-refractivity contribution in [2.24, 2.45) is 0 Å². The van der Waals surface area contributed by atoms with Crippen LogP contribution >= 0.6 is 0 Å². The van der Waals surface area contributed by atoms with Gasteiger partial charge in [0, 0.05) is 12.8 Å². The van der Waals surface area contributed by atoms with Crippen molar-refractivity contribution in [3.05, 3.63) is 36.5 Å². The second kappa shape index (κ2) is 39.3. The molecule has 0 amide bonds. The van der Waals surface area contributed by atoms with Gasteiger partial charge < -0.3 is 34.3 Å². The fourth-order valence-electron chi connectivity index (χ4n) is 7.35. The molecule has 362 valence electrons. The molecule has 1 heterocycles. The van der Waals surface area contributed by atoms with E-state index < -0.39 is 71.2 Å². The van der Waals surface area contributed by atoms with Crippen LogP contribution < -0.4 is 0 Å². The molecular formula is C49H88O12S. The molecule has 1 aliphatic rings. The van der Waals surface area contributed by atoms with Gasteiger partial charge in [-0.3, -0.25) is 14.1 Å². The molecule has 0 aromatic rings. The Labute approximate surface area is 376 Å². The summed E-state index contributed by atoms with van der Waals surface area (Å²) in [6, 6.07) is 0. The smallest absolute Gasteiger partial charge is 0.306 e. The van der Waals surface area contributed by atoms with Gasteiger partial charge in [0.05, 0.1) is 6.61 Å². The lowest BCUT2D eigenvalue weighted by Crippen LogP contribution is -2.60. The first-order valence-corrected chi connectivity index (χ1v) is 26.2. The second-order valence-electron chi connectivity index (χ2n) is 17.1. The van der Waals surface area contributed by atoms with Gasteiger partial charge in [-0.2, -0.15) is 8.42 Å². The van der Waals surface area contributed by atoms with E-state index in [4.69, 9.17) is 18.9 Å². The van der Waals surface area contributed by atoms with Crippen LogP contribution in [-0.4, -0.2) is 96.0 Å². The van der Waals surface area contributed by atoms with Crippen LogP contribution in [0, 0.1) is 0 Å². The average Bonchev–Trinajstić information content (AvgIpc) is 3.24. The predicted molar refractivity (Wildman–Crippen MR) is 247 cm³/mol. The molecule has 62 heavy (non-hydrogen) atoms. The number of allylic oxidation sites excluding steroid dienone is 6. The Balaban J connectivity index is 2.40. The number of carbonyl (C=O) groups is 2. The maximum absolute atomic E-state index is 12.9. The minimum atomic E-state index is -4.60. The van der Waals surface area contributed by atoms with E-state index in [0.717, 1.165) is 64.2 Å². The monoisotopic (exact) mass is 901 g/mol. The van der Waals surface area contributed by atoms with Crippen molar-refractivity contribution < 1.29 is 56.8 Å². The molecule has 0 aromatic carbocycles. The van der Waals surface area contributed by atoms with Crippen molar-refractivity contribution in [1.29, 1.82) is 0 Å². The molecule has 1 fully saturated rings. The van der Waals surface area contributed by atoms with Crippen LogP contribution in [0.5, 0.6) is 0 Å². The van der Waals surface area contributed by atoms with Gasteiger partial charge in [-0.1, -0.05) is 159 Å². The van der Waals surface area contributed by atoms with Crippen molar-refractivity contribution in [2.45, 2.75) is 243 Å². The van der Waals surface area contributed by atoms with E-state index in [1.54, 1.807) is 0 Å². The van der Waals surface area contributed by atoms with E-state index in [1.165, 1.54) is 103 Å². The fourth-order valence-corrected chi connectivity index (χ4v) is 8.04. The van der Waals surface area contributed by atoms with Crippen molar-refractivity contribution in [1.82, 2.24) is 0 Å². The van der Waals surface area contributed by atoms with E-state index in [2.05, 4.69) is 50.3 Å². The van der Waals surface area contributed by atoms with Gasteiger partial charge in [0.2, 0.25) is 0 Å². The standard InChI is InChI=1S/C49H88O12S/c1-3-5-7-9-11-13-15-17-19-20-21-22-24-26-28-30-32-34-36-38-45(51)60-42(40-59-49-48(54)47(53)46(52)43(61-49)41-62(55,56)57)39-58-44(50)37-35-33-31-29-27-25-23-18-16-14-12-10-8-6-4-2/h11,13-14,16-17,19,42-43,46-49,52-54H,3-10,12,15,18,20-41H2,1-2H3,(H,55,56,57)/b13-11+,16-14+,19-17+/t42-,43-,46-,47?,48?,49+/m1/s1. The number of hydrogen-bond acceptors (Lipinski definition) is 11. The molecule has 1 aliphatic heterocycles. The highest BCUT2D eigenvalue weighted by Crippen LogP contribution is 2.24. The molecule has 2 unspecified atom stereocenters. The summed E-state index contributed by atoms with van der Waals surface area (Å²) in [7, 11) is -4.60. The van der Waals surface area contributed by atoms with Crippen molar-refractivity contribution in [3.8, 4) is 0 Å². The van der Waals surface area contributed by atoms with E-state index >= 15 is 0 Å². The van der Waals surface area contributed by atoms with Crippen LogP contribution in [0.15, 0.2) is 36.5 Å². The average molecular weight is 901 g/mol. The Morgan fingerprint density at radius 1 is 0.548 bits per heavy atom. The summed E-state index contributed by atoms with van der Waals surface area (Å²) in [4.78, 5) is 25.5. The Bertz CT molecular complexity index is 1290. The highest BCUT2D eigenvalue weighted by molar-refractivity contribution is 7.85. The number of carbonyl (C=O) groups excluding carboxylic acids is 2. The molecule has 0 aromatic heterocycles. The molecule has 0 spiro atoms.